The van der Waals surface area contributed by atoms with Crippen LogP contribution in [0.15, 0.2) is 36.5 Å². The summed E-state index contributed by atoms with van der Waals surface area (Å²) < 4.78 is 0. The molecule has 3 rings (SSSR count). The Hall–Kier alpha value is -2.93. The van der Waals surface area contributed by atoms with E-state index >= 15 is 0 Å². The largest absolute Gasteiger partial charge is 0.325 e. The molecule has 1 aliphatic carbocycles. The molecule has 1 saturated carbocycles. The lowest BCUT2D eigenvalue weighted by molar-refractivity contribution is -0.117. The Labute approximate surface area is 155 Å². The van der Waals surface area contributed by atoms with Crippen molar-refractivity contribution in [3.63, 3.8) is 0 Å². The van der Waals surface area contributed by atoms with Crippen molar-refractivity contribution in [3.8, 4) is 0 Å². The minimum absolute atomic E-state index is 0.0514. The summed E-state index contributed by atoms with van der Waals surface area (Å²) in [7, 11) is 0. The molecular weight excluding hydrogens is 356 g/mol. The van der Waals surface area contributed by atoms with E-state index in [1.54, 1.807) is 24.3 Å². The van der Waals surface area contributed by atoms with Gasteiger partial charge >= 0.3 is 0 Å². The van der Waals surface area contributed by atoms with Gasteiger partial charge in [-0.25, -0.2) is 4.98 Å². The molecular formula is C18H17ClN4O3. The molecule has 7 nitrogen and oxygen atoms in total. The van der Waals surface area contributed by atoms with Gasteiger partial charge in [0.05, 0.1) is 10.7 Å². The Morgan fingerprint density at radius 3 is 2.54 bits per heavy atom. The van der Waals surface area contributed by atoms with Crippen LogP contribution >= 0.6 is 11.6 Å². The van der Waals surface area contributed by atoms with Gasteiger partial charge in [0.2, 0.25) is 11.8 Å². The second kappa shape index (κ2) is 7.53. The predicted molar refractivity (Wildman–Crippen MR) is 99.3 cm³/mol. The SMILES string of the molecule is CC(=O)Nc1cc(NC(=O)c2ccnc(NC(=O)C3CC3)c2)ccc1Cl. The second-order valence-corrected chi connectivity index (χ2v) is 6.43. The number of anilines is 3. The van der Waals surface area contributed by atoms with Gasteiger partial charge in [-0.2, -0.15) is 0 Å². The lowest BCUT2D eigenvalue weighted by atomic mass is 10.2. The lowest BCUT2D eigenvalue weighted by Crippen LogP contribution is -2.16. The minimum Gasteiger partial charge on any atom is -0.325 e. The number of hydrogen-bond donors (Lipinski definition) is 3. The minimum atomic E-state index is -0.370. The first-order chi connectivity index (χ1) is 12.4. The molecule has 3 N–H and O–H groups in total. The van der Waals surface area contributed by atoms with Crippen molar-refractivity contribution in [1.82, 2.24) is 4.98 Å². The quantitative estimate of drug-likeness (QED) is 0.749. The standard InChI is InChI=1S/C18H17ClN4O3/c1-10(24)21-15-9-13(4-5-14(15)19)22-18(26)12-6-7-20-16(8-12)23-17(25)11-2-3-11/h4-9,11H,2-3H2,1H3,(H,21,24)(H,22,26)(H,20,23,25). The lowest BCUT2D eigenvalue weighted by Gasteiger charge is -2.10. The summed E-state index contributed by atoms with van der Waals surface area (Å²) >= 11 is 6.02. The molecule has 0 atom stereocenters. The van der Waals surface area contributed by atoms with Crippen molar-refractivity contribution in [1.29, 1.82) is 0 Å². The maximum atomic E-state index is 12.4. The summed E-state index contributed by atoms with van der Waals surface area (Å²) in [4.78, 5) is 39.5. The van der Waals surface area contributed by atoms with E-state index in [9.17, 15) is 14.4 Å². The van der Waals surface area contributed by atoms with Crippen LogP contribution in [0, 0.1) is 5.92 Å². The molecule has 0 spiro atoms. The number of hydrogen-bond acceptors (Lipinski definition) is 4. The third-order valence-corrected chi connectivity index (χ3v) is 4.09. The second-order valence-electron chi connectivity index (χ2n) is 6.02. The molecule has 26 heavy (non-hydrogen) atoms. The smallest absolute Gasteiger partial charge is 0.255 e. The number of amides is 3. The summed E-state index contributed by atoms with van der Waals surface area (Å²) in [6.45, 7) is 1.37. The summed E-state index contributed by atoms with van der Waals surface area (Å²) in [6, 6.07) is 7.84. The van der Waals surface area contributed by atoms with Crippen LogP contribution in [-0.4, -0.2) is 22.7 Å². The number of pyridine rings is 1. The van der Waals surface area contributed by atoms with Gasteiger partial charge in [0.15, 0.2) is 0 Å². The molecule has 0 unspecified atom stereocenters. The van der Waals surface area contributed by atoms with Gasteiger partial charge in [-0.1, -0.05) is 11.6 Å². The first-order valence-corrected chi connectivity index (χ1v) is 8.45. The summed E-state index contributed by atoms with van der Waals surface area (Å²) in [5.41, 5.74) is 1.23. The number of carbonyl (C=O) groups is 3. The molecule has 0 aliphatic heterocycles. The molecule has 1 aliphatic rings. The zero-order valence-electron chi connectivity index (χ0n) is 14.0. The first kappa shape index (κ1) is 17.9. The summed E-state index contributed by atoms with van der Waals surface area (Å²) in [6.07, 6.45) is 3.24. The van der Waals surface area contributed by atoms with Gasteiger partial charge in [0.25, 0.3) is 5.91 Å². The van der Waals surface area contributed by atoms with Gasteiger partial charge in [-0.05, 0) is 43.2 Å². The fraction of sp³-hybridized carbons (Fsp3) is 0.222. The zero-order chi connectivity index (χ0) is 18.7. The van der Waals surface area contributed by atoms with E-state index in [0.717, 1.165) is 12.8 Å². The Morgan fingerprint density at radius 1 is 1.08 bits per heavy atom. The van der Waals surface area contributed by atoms with E-state index in [1.807, 2.05) is 0 Å². The zero-order valence-corrected chi connectivity index (χ0v) is 14.8. The van der Waals surface area contributed by atoms with Crippen LogP contribution in [-0.2, 0) is 9.59 Å². The van der Waals surface area contributed by atoms with Crippen molar-refractivity contribution in [2.45, 2.75) is 19.8 Å². The molecule has 1 aromatic carbocycles. The molecule has 134 valence electrons. The van der Waals surface area contributed by atoms with Crippen LogP contribution in [0.3, 0.4) is 0 Å². The maximum Gasteiger partial charge on any atom is 0.255 e. The molecule has 1 heterocycles. The average molecular weight is 373 g/mol. The Bertz CT molecular complexity index is 880. The fourth-order valence-corrected chi connectivity index (χ4v) is 2.47. The average Bonchev–Trinajstić information content (AvgIpc) is 3.43. The maximum absolute atomic E-state index is 12.4. The van der Waals surface area contributed by atoms with E-state index in [0.29, 0.717) is 27.8 Å². The Kier molecular flexibility index (Phi) is 5.18. The number of halogens is 1. The third kappa shape index (κ3) is 4.58. The number of benzene rings is 1. The van der Waals surface area contributed by atoms with Crippen molar-refractivity contribution >= 4 is 46.5 Å². The highest BCUT2D eigenvalue weighted by Gasteiger charge is 2.29. The monoisotopic (exact) mass is 372 g/mol. The van der Waals surface area contributed by atoms with Crippen LogP contribution in [0.4, 0.5) is 17.2 Å². The molecule has 1 aromatic heterocycles. The number of carbonyl (C=O) groups excluding carboxylic acids is 3. The van der Waals surface area contributed by atoms with Gasteiger partial charge in [-0.15, -0.1) is 0 Å². The van der Waals surface area contributed by atoms with Gasteiger partial charge in [-0.3, -0.25) is 14.4 Å². The summed E-state index contributed by atoms with van der Waals surface area (Å²) in [5.74, 6) is -0.321. The molecule has 0 bridgehead atoms. The Morgan fingerprint density at radius 2 is 1.85 bits per heavy atom. The van der Waals surface area contributed by atoms with E-state index < -0.39 is 0 Å². The van der Waals surface area contributed by atoms with Gasteiger partial charge in [0.1, 0.15) is 5.82 Å². The van der Waals surface area contributed by atoms with Crippen LogP contribution < -0.4 is 16.0 Å². The van der Waals surface area contributed by atoms with E-state index in [1.165, 1.54) is 19.2 Å². The summed E-state index contributed by atoms with van der Waals surface area (Å²) in [5, 5.41) is 8.39. The highest BCUT2D eigenvalue weighted by molar-refractivity contribution is 6.33. The molecule has 0 radical (unpaired) electrons. The third-order valence-electron chi connectivity index (χ3n) is 3.76. The fourth-order valence-electron chi connectivity index (χ4n) is 2.31. The highest BCUT2D eigenvalue weighted by Crippen LogP contribution is 2.30. The molecule has 3 amide bonds. The van der Waals surface area contributed by atoms with Crippen molar-refractivity contribution in [2.75, 3.05) is 16.0 Å². The molecule has 8 heteroatoms. The molecule has 1 fully saturated rings. The topological polar surface area (TPSA) is 100 Å². The van der Waals surface area contributed by atoms with E-state index in [4.69, 9.17) is 11.6 Å². The van der Waals surface area contributed by atoms with E-state index in [-0.39, 0.29) is 23.6 Å². The Balaban J connectivity index is 1.71. The van der Waals surface area contributed by atoms with Crippen LogP contribution in [0.2, 0.25) is 5.02 Å². The van der Waals surface area contributed by atoms with Gasteiger partial charge in [0, 0.05) is 30.3 Å². The normalized spacial score (nSPS) is 13.0. The highest BCUT2D eigenvalue weighted by atomic mass is 35.5. The number of aromatic nitrogens is 1. The van der Waals surface area contributed by atoms with Crippen molar-refractivity contribution < 1.29 is 14.4 Å². The van der Waals surface area contributed by atoms with Crippen LogP contribution in [0.5, 0.6) is 0 Å². The number of nitrogens with zero attached hydrogens (tertiary/aromatic N) is 1. The van der Waals surface area contributed by atoms with E-state index in [2.05, 4.69) is 20.9 Å². The predicted octanol–water partition coefficient (Wildman–Crippen LogP) is 3.29. The molecule has 0 saturated heterocycles. The van der Waals surface area contributed by atoms with Crippen molar-refractivity contribution in [3.05, 3.63) is 47.1 Å². The first-order valence-electron chi connectivity index (χ1n) is 8.08. The molecule has 2 aromatic rings. The van der Waals surface area contributed by atoms with Crippen LogP contribution in [0.1, 0.15) is 30.1 Å². The van der Waals surface area contributed by atoms with Crippen molar-refractivity contribution in [2.24, 2.45) is 5.92 Å². The number of rotatable bonds is 5. The van der Waals surface area contributed by atoms with Crippen LogP contribution in [0.25, 0.3) is 0 Å². The number of nitrogens with one attached hydrogen (secondary N) is 3. The van der Waals surface area contributed by atoms with Gasteiger partial charge < -0.3 is 16.0 Å².